The molecule has 1 aromatic rings. The van der Waals surface area contributed by atoms with Gasteiger partial charge in [-0.25, -0.2) is 0 Å². The molecule has 1 aliphatic rings. The lowest BCUT2D eigenvalue weighted by Crippen LogP contribution is -2.11. The molecule has 0 amide bonds. The smallest absolute Gasteiger partial charge is 0.0580 e. The summed E-state index contributed by atoms with van der Waals surface area (Å²) in [6, 6.07) is 6.37. The number of aryl methyl sites for hydroxylation is 1. The van der Waals surface area contributed by atoms with Crippen molar-refractivity contribution in [1.29, 1.82) is 0 Å². The van der Waals surface area contributed by atoms with Crippen molar-refractivity contribution in [2.75, 3.05) is 0 Å². The molecule has 0 radical (unpaired) electrons. The molecule has 0 bridgehead atoms. The van der Waals surface area contributed by atoms with E-state index in [1.807, 2.05) is 6.92 Å². The van der Waals surface area contributed by atoms with E-state index < -0.39 is 0 Å². The van der Waals surface area contributed by atoms with Gasteiger partial charge in [-0.05, 0) is 43.0 Å². The minimum absolute atomic E-state index is 0.226. The molecule has 2 unspecified atom stereocenters. The van der Waals surface area contributed by atoms with Gasteiger partial charge in [-0.15, -0.1) is 0 Å². The van der Waals surface area contributed by atoms with Crippen LogP contribution in [0.3, 0.4) is 0 Å². The van der Waals surface area contributed by atoms with E-state index in [1.165, 1.54) is 11.1 Å². The Labute approximate surface area is 86.9 Å². The highest BCUT2D eigenvalue weighted by Crippen LogP contribution is 2.36. The van der Waals surface area contributed by atoms with E-state index in [0.717, 1.165) is 17.3 Å². The molecule has 0 heterocycles. The Morgan fingerprint density at radius 2 is 2.31 bits per heavy atom. The highest BCUT2D eigenvalue weighted by molar-refractivity contribution is 9.10. The molecule has 1 aliphatic carbocycles. The van der Waals surface area contributed by atoms with Gasteiger partial charge in [0, 0.05) is 10.4 Å². The van der Waals surface area contributed by atoms with Crippen LogP contribution >= 0.6 is 15.9 Å². The van der Waals surface area contributed by atoms with Crippen molar-refractivity contribution in [1.82, 2.24) is 0 Å². The summed E-state index contributed by atoms with van der Waals surface area (Å²) < 4.78 is 1.11. The number of benzene rings is 1. The van der Waals surface area contributed by atoms with Gasteiger partial charge in [-0.3, -0.25) is 0 Å². The van der Waals surface area contributed by atoms with E-state index in [-0.39, 0.29) is 6.10 Å². The predicted octanol–water partition coefficient (Wildman–Crippen LogP) is 2.86. The maximum absolute atomic E-state index is 9.57. The Bertz CT molecular complexity index is 320. The van der Waals surface area contributed by atoms with Gasteiger partial charge >= 0.3 is 0 Å². The SMILES string of the molecule is CC(O)C1CCc2ccc(Br)cc21. The third-order valence-electron chi connectivity index (χ3n) is 2.81. The fraction of sp³-hybridized carbons (Fsp3) is 0.455. The summed E-state index contributed by atoms with van der Waals surface area (Å²) in [5, 5.41) is 9.57. The molecule has 1 nitrogen and oxygen atoms in total. The number of halogens is 1. The standard InChI is InChI=1S/C11H13BrO/c1-7(13)10-5-3-8-2-4-9(12)6-11(8)10/h2,4,6-7,10,13H,3,5H2,1H3. The van der Waals surface area contributed by atoms with E-state index in [9.17, 15) is 5.11 Å². The minimum Gasteiger partial charge on any atom is -0.393 e. The number of aliphatic hydroxyl groups excluding tert-OH is 1. The van der Waals surface area contributed by atoms with Gasteiger partial charge in [0.1, 0.15) is 0 Å². The van der Waals surface area contributed by atoms with Gasteiger partial charge in [0.2, 0.25) is 0 Å². The molecule has 2 rings (SSSR count). The maximum atomic E-state index is 9.57. The Balaban J connectivity index is 2.40. The van der Waals surface area contributed by atoms with Crippen molar-refractivity contribution < 1.29 is 5.11 Å². The fourth-order valence-electron chi connectivity index (χ4n) is 2.11. The minimum atomic E-state index is -0.226. The summed E-state index contributed by atoms with van der Waals surface area (Å²) >= 11 is 3.46. The molecule has 0 aliphatic heterocycles. The quantitative estimate of drug-likeness (QED) is 0.801. The van der Waals surface area contributed by atoms with Crippen LogP contribution in [0.15, 0.2) is 22.7 Å². The molecule has 2 atom stereocenters. The Morgan fingerprint density at radius 1 is 1.54 bits per heavy atom. The van der Waals surface area contributed by atoms with Gasteiger partial charge in [-0.2, -0.15) is 0 Å². The normalized spacial score (nSPS) is 22.8. The third-order valence-corrected chi connectivity index (χ3v) is 3.31. The summed E-state index contributed by atoms with van der Waals surface area (Å²) in [5.74, 6) is 0.340. The third kappa shape index (κ3) is 1.65. The van der Waals surface area contributed by atoms with Crippen LogP contribution < -0.4 is 0 Å². The zero-order valence-electron chi connectivity index (χ0n) is 7.63. The van der Waals surface area contributed by atoms with E-state index in [4.69, 9.17) is 0 Å². The average Bonchev–Trinajstić information content (AvgIpc) is 2.46. The van der Waals surface area contributed by atoms with Crippen LogP contribution in [0.25, 0.3) is 0 Å². The highest BCUT2D eigenvalue weighted by atomic mass is 79.9. The Hall–Kier alpha value is -0.340. The van der Waals surface area contributed by atoms with Crippen molar-refractivity contribution in [3.63, 3.8) is 0 Å². The molecule has 1 N–H and O–H groups in total. The van der Waals surface area contributed by atoms with Gasteiger partial charge in [0.05, 0.1) is 6.10 Å². The van der Waals surface area contributed by atoms with Crippen LogP contribution in [0, 0.1) is 0 Å². The second-order valence-corrected chi connectivity index (χ2v) is 4.64. The lowest BCUT2D eigenvalue weighted by atomic mass is 9.97. The molecule has 0 aromatic heterocycles. The Morgan fingerprint density at radius 3 is 3.00 bits per heavy atom. The zero-order chi connectivity index (χ0) is 9.42. The average molecular weight is 241 g/mol. The molecule has 0 saturated carbocycles. The second kappa shape index (κ2) is 3.43. The van der Waals surface area contributed by atoms with Crippen molar-refractivity contribution in [2.45, 2.75) is 31.8 Å². The first-order chi connectivity index (χ1) is 6.18. The lowest BCUT2D eigenvalue weighted by Gasteiger charge is -2.14. The summed E-state index contributed by atoms with van der Waals surface area (Å²) in [5.41, 5.74) is 2.72. The number of hydrogen-bond acceptors (Lipinski definition) is 1. The molecular weight excluding hydrogens is 228 g/mol. The first-order valence-corrected chi connectivity index (χ1v) is 5.44. The number of hydrogen-bond donors (Lipinski definition) is 1. The summed E-state index contributed by atoms with van der Waals surface area (Å²) in [7, 11) is 0. The summed E-state index contributed by atoms with van der Waals surface area (Å²) in [6.07, 6.45) is 1.97. The summed E-state index contributed by atoms with van der Waals surface area (Å²) in [4.78, 5) is 0. The second-order valence-electron chi connectivity index (χ2n) is 3.73. The molecule has 2 heteroatoms. The van der Waals surface area contributed by atoms with Crippen LogP contribution in [0.1, 0.15) is 30.4 Å². The molecule has 13 heavy (non-hydrogen) atoms. The fourth-order valence-corrected chi connectivity index (χ4v) is 2.48. The Kier molecular flexibility index (Phi) is 2.43. The molecule has 0 fully saturated rings. The van der Waals surface area contributed by atoms with Crippen LogP contribution in [-0.2, 0) is 6.42 Å². The van der Waals surface area contributed by atoms with E-state index in [2.05, 4.69) is 34.1 Å². The van der Waals surface area contributed by atoms with Gasteiger partial charge < -0.3 is 5.11 Å². The van der Waals surface area contributed by atoms with Crippen LogP contribution in [0.4, 0.5) is 0 Å². The van der Waals surface area contributed by atoms with Crippen molar-refractivity contribution in [3.05, 3.63) is 33.8 Å². The van der Waals surface area contributed by atoms with Gasteiger partial charge in [0.25, 0.3) is 0 Å². The maximum Gasteiger partial charge on any atom is 0.0580 e. The highest BCUT2D eigenvalue weighted by Gasteiger charge is 2.25. The van der Waals surface area contributed by atoms with Crippen molar-refractivity contribution in [2.24, 2.45) is 0 Å². The van der Waals surface area contributed by atoms with Crippen molar-refractivity contribution in [3.8, 4) is 0 Å². The van der Waals surface area contributed by atoms with E-state index in [0.29, 0.717) is 5.92 Å². The first-order valence-electron chi connectivity index (χ1n) is 4.65. The molecule has 70 valence electrons. The van der Waals surface area contributed by atoms with Gasteiger partial charge in [0.15, 0.2) is 0 Å². The largest absolute Gasteiger partial charge is 0.393 e. The summed E-state index contributed by atoms with van der Waals surface area (Å²) in [6.45, 7) is 1.88. The molecular formula is C11H13BrO. The zero-order valence-corrected chi connectivity index (χ0v) is 9.21. The number of aliphatic hydroxyl groups is 1. The predicted molar refractivity (Wildman–Crippen MR) is 56.9 cm³/mol. The lowest BCUT2D eigenvalue weighted by molar-refractivity contribution is 0.162. The number of fused-ring (bicyclic) bond motifs is 1. The van der Waals surface area contributed by atoms with Crippen molar-refractivity contribution >= 4 is 15.9 Å². The molecule has 1 aromatic carbocycles. The monoisotopic (exact) mass is 240 g/mol. The number of rotatable bonds is 1. The first kappa shape index (κ1) is 9.22. The topological polar surface area (TPSA) is 20.2 Å². The van der Waals surface area contributed by atoms with Crippen LogP contribution in [-0.4, -0.2) is 11.2 Å². The van der Waals surface area contributed by atoms with Crippen LogP contribution in [0.2, 0.25) is 0 Å². The molecule has 0 saturated heterocycles. The van der Waals surface area contributed by atoms with Crippen LogP contribution in [0.5, 0.6) is 0 Å². The van der Waals surface area contributed by atoms with E-state index >= 15 is 0 Å². The molecule has 0 spiro atoms. The van der Waals surface area contributed by atoms with E-state index in [1.54, 1.807) is 0 Å². The van der Waals surface area contributed by atoms with Gasteiger partial charge in [-0.1, -0.05) is 22.0 Å².